The SMILES string of the molecule is O[n+]1cccc(-c2nsc(Nc3cccc(C(F)(F)F)c3)n2)c1. The molecule has 2 heterocycles. The van der Waals surface area contributed by atoms with Crippen LogP contribution in [-0.2, 0) is 6.18 Å². The van der Waals surface area contributed by atoms with E-state index in [0.717, 1.165) is 28.4 Å². The van der Waals surface area contributed by atoms with Crippen LogP contribution in [0.4, 0.5) is 24.0 Å². The van der Waals surface area contributed by atoms with Crippen LogP contribution in [0.5, 0.6) is 0 Å². The summed E-state index contributed by atoms with van der Waals surface area (Å²) in [5, 5.41) is 12.5. The highest BCUT2D eigenvalue weighted by atomic mass is 32.1. The lowest BCUT2D eigenvalue weighted by molar-refractivity contribution is -0.904. The van der Waals surface area contributed by atoms with Gasteiger partial charge in [0.1, 0.15) is 0 Å². The molecule has 118 valence electrons. The highest BCUT2D eigenvalue weighted by Gasteiger charge is 2.30. The third-order valence-electron chi connectivity index (χ3n) is 2.91. The van der Waals surface area contributed by atoms with Crippen molar-refractivity contribution in [2.75, 3.05) is 5.32 Å². The molecule has 5 nitrogen and oxygen atoms in total. The molecule has 9 heteroatoms. The highest BCUT2D eigenvalue weighted by molar-refractivity contribution is 7.09. The Hall–Kier alpha value is -2.68. The smallest absolute Gasteiger partial charge is 0.330 e. The zero-order valence-electron chi connectivity index (χ0n) is 11.4. The molecule has 0 atom stereocenters. The summed E-state index contributed by atoms with van der Waals surface area (Å²) >= 11 is 1.01. The van der Waals surface area contributed by atoms with E-state index in [1.54, 1.807) is 12.1 Å². The zero-order chi connectivity index (χ0) is 16.4. The summed E-state index contributed by atoms with van der Waals surface area (Å²) in [6.07, 6.45) is -1.53. The van der Waals surface area contributed by atoms with E-state index in [1.807, 2.05) is 0 Å². The van der Waals surface area contributed by atoms with Crippen LogP contribution in [0.2, 0.25) is 0 Å². The van der Waals surface area contributed by atoms with Crippen molar-refractivity contribution in [3.8, 4) is 11.4 Å². The maximum absolute atomic E-state index is 12.7. The second-order valence-corrected chi connectivity index (χ2v) is 5.35. The molecular weight excluding hydrogens is 329 g/mol. The Morgan fingerprint density at radius 3 is 2.74 bits per heavy atom. The number of aromatic nitrogens is 3. The molecule has 0 saturated carbocycles. The molecule has 0 amide bonds. The minimum atomic E-state index is -4.40. The number of anilines is 2. The summed E-state index contributed by atoms with van der Waals surface area (Å²) in [7, 11) is 0. The molecule has 0 aliphatic rings. The molecule has 1 aromatic carbocycles. The number of benzene rings is 1. The first-order valence-electron chi connectivity index (χ1n) is 6.41. The predicted molar refractivity (Wildman–Crippen MR) is 77.5 cm³/mol. The van der Waals surface area contributed by atoms with Crippen molar-refractivity contribution >= 4 is 22.4 Å². The fourth-order valence-electron chi connectivity index (χ4n) is 1.88. The van der Waals surface area contributed by atoms with Crippen LogP contribution in [0, 0.1) is 0 Å². The largest absolute Gasteiger partial charge is 0.416 e. The molecule has 0 saturated heterocycles. The number of nitrogens with zero attached hydrogens (tertiary/aromatic N) is 3. The Bertz CT molecular complexity index is 835. The molecule has 3 aromatic rings. The van der Waals surface area contributed by atoms with Crippen LogP contribution in [0.15, 0.2) is 48.8 Å². The van der Waals surface area contributed by atoms with E-state index in [0.29, 0.717) is 16.5 Å². The average molecular weight is 339 g/mol. The number of hydrogen-bond acceptors (Lipinski definition) is 5. The summed E-state index contributed by atoms with van der Waals surface area (Å²) in [5.41, 5.74) is 0.118. The lowest BCUT2D eigenvalue weighted by Crippen LogP contribution is -2.28. The van der Waals surface area contributed by atoms with Crippen molar-refractivity contribution in [1.29, 1.82) is 0 Å². The van der Waals surface area contributed by atoms with E-state index >= 15 is 0 Å². The van der Waals surface area contributed by atoms with E-state index in [9.17, 15) is 18.4 Å². The number of pyridine rings is 1. The number of hydrogen-bond donors (Lipinski definition) is 2. The van der Waals surface area contributed by atoms with E-state index in [4.69, 9.17) is 0 Å². The molecule has 0 bridgehead atoms. The van der Waals surface area contributed by atoms with Gasteiger partial charge in [0, 0.05) is 28.0 Å². The van der Waals surface area contributed by atoms with Gasteiger partial charge in [-0.1, -0.05) is 6.07 Å². The fraction of sp³-hybridized carbons (Fsp3) is 0.0714. The van der Waals surface area contributed by atoms with Crippen molar-refractivity contribution in [2.24, 2.45) is 0 Å². The molecular formula is C14H10F3N4OS+. The summed E-state index contributed by atoms with van der Waals surface area (Å²) in [6.45, 7) is 0. The standard InChI is InChI=1S/C14H10F3N4OS/c15-14(16,17)10-4-1-5-11(7-10)18-13-19-12(20-23-13)9-3-2-6-21(22)8-9/h1-8,22H,(H,18,19,20)/q+1. The van der Waals surface area contributed by atoms with Gasteiger partial charge < -0.3 is 5.32 Å². The van der Waals surface area contributed by atoms with Crippen LogP contribution in [0.3, 0.4) is 0 Å². The van der Waals surface area contributed by atoms with Crippen LogP contribution >= 0.6 is 11.5 Å². The molecule has 3 rings (SSSR count). The van der Waals surface area contributed by atoms with Crippen molar-refractivity contribution in [2.45, 2.75) is 6.18 Å². The van der Waals surface area contributed by atoms with Gasteiger partial charge in [0.2, 0.25) is 17.5 Å². The van der Waals surface area contributed by atoms with Crippen molar-refractivity contribution < 1.29 is 23.1 Å². The summed E-state index contributed by atoms with van der Waals surface area (Å²) < 4.78 is 43.1. The highest BCUT2D eigenvalue weighted by Crippen LogP contribution is 2.31. The molecule has 0 radical (unpaired) electrons. The second kappa shape index (κ2) is 5.84. The first kappa shape index (κ1) is 15.2. The Balaban J connectivity index is 1.82. The van der Waals surface area contributed by atoms with Crippen LogP contribution in [0.25, 0.3) is 11.4 Å². The molecule has 2 aromatic heterocycles. The number of alkyl halides is 3. The lowest BCUT2D eigenvalue weighted by Gasteiger charge is -2.08. The van der Waals surface area contributed by atoms with Gasteiger partial charge in [0.25, 0.3) is 0 Å². The Labute approximate surface area is 132 Å². The van der Waals surface area contributed by atoms with E-state index in [1.165, 1.54) is 24.5 Å². The minimum absolute atomic E-state index is 0.271. The Morgan fingerprint density at radius 1 is 1.17 bits per heavy atom. The van der Waals surface area contributed by atoms with Crippen LogP contribution in [-0.4, -0.2) is 14.6 Å². The monoisotopic (exact) mass is 339 g/mol. The first-order valence-corrected chi connectivity index (χ1v) is 7.18. The molecule has 0 fully saturated rings. The van der Waals surface area contributed by atoms with Crippen molar-refractivity contribution in [1.82, 2.24) is 9.36 Å². The van der Waals surface area contributed by atoms with Gasteiger partial charge in [-0.3, -0.25) is 5.21 Å². The predicted octanol–water partition coefficient (Wildman–Crippen LogP) is 3.49. The van der Waals surface area contributed by atoms with Crippen molar-refractivity contribution in [3.63, 3.8) is 0 Å². The fourth-order valence-corrected chi connectivity index (χ4v) is 2.49. The zero-order valence-corrected chi connectivity index (χ0v) is 12.3. The van der Waals surface area contributed by atoms with Crippen molar-refractivity contribution in [3.05, 3.63) is 54.4 Å². The number of rotatable bonds is 3. The molecule has 0 unspecified atom stereocenters. The number of nitrogens with one attached hydrogen (secondary N) is 1. The van der Waals surface area contributed by atoms with Crippen LogP contribution in [0.1, 0.15) is 5.56 Å². The molecule has 23 heavy (non-hydrogen) atoms. The lowest BCUT2D eigenvalue weighted by atomic mass is 10.2. The third kappa shape index (κ3) is 3.57. The van der Waals surface area contributed by atoms with E-state index < -0.39 is 11.7 Å². The topological polar surface area (TPSA) is 61.9 Å². The first-order chi connectivity index (χ1) is 10.9. The van der Waals surface area contributed by atoms with Gasteiger partial charge in [0.05, 0.1) is 11.1 Å². The molecule has 2 N–H and O–H groups in total. The van der Waals surface area contributed by atoms with Gasteiger partial charge in [-0.05, 0) is 24.3 Å². The summed E-state index contributed by atoms with van der Waals surface area (Å²) in [6, 6.07) is 8.17. The van der Waals surface area contributed by atoms with E-state index in [-0.39, 0.29) is 5.69 Å². The van der Waals surface area contributed by atoms with Gasteiger partial charge in [-0.2, -0.15) is 22.5 Å². The molecule has 0 aliphatic heterocycles. The second-order valence-electron chi connectivity index (χ2n) is 4.60. The van der Waals surface area contributed by atoms with Gasteiger partial charge in [0.15, 0.2) is 5.82 Å². The van der Waals surface area contributed by atoms with Gasteiger partial charge in [-0.25, -0.2) is 0 Å². The minimum Gasteiger partial charge on any atom is -0.330 e. The average Bonchev–Trinajstić information content (AvgIpc) is 2.95. The quantitative estimate of drug-likeness (QED) is 0.566. The van der Waals surface area contributed by atoms with Crippen LogP contribution < -0.4 is 10.0 Å². The molecule has 0 aliphatic carbocycles. The Morgan fingerprint density at radius 2 is 2.00 bits per heavy atom. The third-order valence-corrected chi connectivity index (χ3v) is 3.54. The van der Waals surface area contributed by atoms with E-state index in [2.05, 4.69) is 14.7 Å². The maximum atomic E-state index is 12.7. The normalized spacial score (nSPS) is 11.4. The van der Waals surface area contributed by atoms with Gasteiger partial charge in [-0.15, -0.1) is 0 Å². The van der Waals surface area contributed by atoms with Gasteiger partial charge >= 0.3 is 6.18 Å². The Kier molecular flexibility index (Phi) is 3.87. The number of halogens is 3. The summed E-state index contributed by atoms with van der Waals surface area (Å²) in [4.78, 5) is 4.20. The maximum Gasteiger partial charge on any atom is 0.416 e. The summed E-state index contributed by atoms with van der Waals surface area (Å²) in [5.74, 6) is 0.368. The molecule has 0 spiro atoms.